The van der Waals surface area contributed by atoms with E-state index in [4.69, 9.17) is 19.7 Å². The van der Waals surface area contributed by atoms with Crippen molar-refractivity contribution in [3.05, 3.63) is 29.8 Å². The number of aliphatic hydroxyl groups is 2. The molecule has 0 saturated heterocycles. The zero-order valence-corrected chi connectivity index (χ0v) is 25.7. The molecule has 0 aliphatic carbocycles. The molecule has 6 N–H and O–H groups in total. The number of aliphatic hydroxyl groups excluding tert-OH is 2. The number of ether oxygens (including phenoxy) is 2. The van der Waals surface area contributed by atoms with Gasteiger partial charge in [-0.25, -0.2) is 13.4 Å². The van der Waals surface area contributed by atoms with Gasteiger partial charge in [0, 0.05) is 24.5 Å². The third-order valence-electron chi connectivity index (χ3n) is 4.73. The van der Waals surface area contributed by atoms with E-state index in [1.165, 1.54) is 6.07 Å². The Balaban J connectivity index is 0.00000588. The van der Waals surface area contributed by atoms with Crippen molar-refractivity contribution in [2.45, 2.75) is 18.7 Å². The maximum atomic E-state index is 11.9. The molecule has 0 fully saturated rings. The molecule has 0 saturated carbocycles. The normalized spacial score (nSPS) is 11.0. The second kappa shape index (κ2) is 17.2. The van der Waals surface area contributed by atoms with Gasteiger partial charge in [0.05, 0.1) is 44.5 Å². The molecule has 17 nitrogen and oxygen atoms in total. The molecule has 0 amide bonds. The number of hydrogen-bond donors (Lipinski definition) is 6. The number of nitrogens with one attached hydrogen (secondary N) is 4. The van der Waals surface area contributed by atoms with Gasteiger partial charge in [-0.1, -0.05) is 0 Å². The molecule has 218 valence electrons. The SMILES string of the molecule is Cc1nc(C)nc(Nc2cc(Nc3nc(NCCOCCO)nc(NCCOCCO)n3)cc(S(=O)(=O)[O-])c2)n1.[Na+]. The molecule has 41 heavy (non-hydrogen) atoms. The van der Waals surface area contributed by atoms with Crippen LogP contribution in [-0.2, 0) is 19.6 Å². The minimum atomic E-state index is -4.83. The van der Waals surface area contributed by atoms with Crippen LogP contribution in [0.5, 0.6) is 0 Å². The Labute approximate surface area is 259 Å². The van der Waals surface area contributed by atoms with Crippen LogP contribution in [-0.4, -0.2) is 106 Å². The summed E-state index contributed by atoms with van der Waals surface area (Å²) in [5.74, 6) is 1.45. The fourth-order valence-electron chi connectivity index (χ4n) is 3.21. The maximum Gasteiger partial charge on any atom is 1.00 e. The van der Waals surface area contributed by atoms with Gasteiger partial charge < -0.3 is 45.5 Å². The number of anilines is 6. The molecule has 0 atom stereocenters. The first kappa shape index (κ1) is 34.4. The average molecular weight is 603 g/mol. The molecule has 19 heteroatoms. The summed E-state index contributed by atoms with van der Waals surface area (Å²) in [6.45, 7) is 4.74. The first-order chi connectivity index (χ1) is 19.2. The predicted molar refractivity (Wildman–Crippen MR) is 143 cm³/mol. The van der Waals surface area contributed by atoms with Gasteiger partial charge in [-0.15, -0.1) is 0 Å². The largest absolute Gasteiger partial charge is 1.00 e. The number of aromatic nitrogens is 6. The van der Waals surface area contributed by atoms with Crippen LogP contribution in [0.1, 0.15) is 11.6 Å². The molecule has 3 rings (SSSR count). The summed E-state index contributed by atoms with van der Waals surface area (Å²) in [5, 5.41) is 29.4. The fourth-order valence-corrected chi connectivity index (χ4v) is 3.75. The van der Waals surface area contributed by atoms with Crippen molar-refractivity contribution >= 4 is 45.3 Å². The quantitative estimate of drug-likeness (QED) is 0.0509. The molecule has 0 spiro atoms. The number of hydrogen-bond acceptors (Lipinski definition) is 17. The van der Waals surface area contributed by atoms with Gasteiger partial charge in [-0.05, 0) is 32.0 Å². The zero-order chi connectivity index (χ0) is 29.0. The van der Waals surface area contributed by atoms with E-state index in [0.717, 1.165) is 12.1 Å². The Hall–Kier alpha value is -2.81. The van der Waals surface area contributed by atoms with E-state index in [1.54, 1.807) is 13.8 Å². The number of aryl methyl sites for hydroxylation is 2. The molecular formula is C22H31N10NaO7S. The van der Waals surface area contributed by atoms with Crippen molar-refractivity contribution in [2.75, 3.05) is 74.0 Å². The van der Waals surface area contributed by atoms with Gasteiger partial charge in [0.2, 0.25) is 23.8 Å². The first-order valence-corrected chi connectivity index (χ1v) is 13.5. The molecule has 2 heterocycles. The van der Waals surface area contributed by atoms with Crippen molar-refractivity contribution in [3.63, 3.8) is 0 Å². The van der Waals surface area contributed by atoms with Gasteiger partial charge in [0.15, 0.2) is 0 Å². The summed E-state index contributed by atoms with van der Waals surface area (Å²) < 4.78 is 46.1. The molecule has 0 bridgehead atoms. The van der Waals surface area contributed by atoms with Crippen molar-refractivity contribution in [1.82, 2.24) is 29.9 Å². The Morgan fingerprint density at radius 2 is 1.15 bits per heavy atom. The van der Waals surface area contributed by atoms with Gasteiger partial charge in [0.1, 0.15) is 21.8 Å². The van der Waals surface area contributed by atoms with Crippen molar-refractivity contribution in [3.8, 4) is 0 Å². The van der Waals surface area contributed by atoms with Crippen LogP contribution in [0.15, 0.2) is 23.1 Å². The molecule has 0 aliphatic rings. The second-order valence-electron chi connectivity index (χ2n) is 8.04. The molecule has 2 aromatic heterocycles. The Bertz CT molecular complexity index is 1320. The molecule has 1 aromatic carbocycles. The van der Waals surface area contributed by atoms with Crippen LogP contribution in [0.4, 0.5) is 35.2 Å². The van der Waals surface area contributed by atoms with Crippen molar-refractivity contribution < 1.29 is 62.2 Å². The van der Waals surface area contributed by atoms with Crippen molar-refractivity contribution in [2.24, 2.45) is 0 Å². The monoisotopic (exact) mass is 602 g/mol. The summed E-state index contributed by atoms with van der Waals surface area (Å²) >= 11 is 0. The van der Waals surface area contributed by atoms with Crippen LogP contribution >= 0.6 is 0 Å². The van der Waals surface area contributed by atoms with Crippen LogP contribution < -0.4 is 50.8 Å². The summed E-state index contributed by atoms with van der Waals surface area (Å²) in [7, 11) is -4.83. The van der Waals surface area contributed by atoms with E-state index in [9.17, 15) is 13.0 Å². The zero-order valence-electron chi connectivity index (χ0n) is 22.9. The smallest absolute Gasteiger partial charge is 0.744 e. The van der Waals surface area contributed by atoms with E-state index in [2.05, 4.69) is 51.2 Å². The Morgan fingerprint density at radius 1 is 0.707 bits per heavy atom. The molecule has 0 aliphatic heterocycles. The van der Waals surface area contributed by atoms with Gasteiger partial charge in [-0.2, -0.15) is 24.9 Å². The van der Waals surface area contributed by atoms with Crippen LogP contribution in [0, 0.1) is 13.8 Å². The number of benzene rings is 1. The fraction of sp³-hybridized carbons (Fsp3) is 0.455. The van der Waals surface area contributed by atoms with E-state index in [-0.39, 0.29) is 104 Å². The van der Waals surface area contributed by atoms with E-state index >= 15 is 0 Å². The topological polar surface area (TPSA) is 242 Å². The molecule has 3 aromatic rings. The standard InChI is InChI=1S/C22H32N10O7S.Na/c1-14-25-15(2)27-21(26-14)28-16-11-17(13-18(12-16)40(35,36)37)29-22-31-19(23-3-7-38-9-5-33)30-20(32-22)24-4-8-39-10-6-34;/h11-13,33-34H,3-10H2,1-2H3,(H,35,36,37)(H,25,26,27,28)(H3,23,24,29,30,31,32);/q;+1/p-1. The summed E-state index contributed by atoms with van der Waals surface area (Å²) in [6.07, 6.45) is 0. The second-order valence-corrected chi connectivity index (χ2v) is 9.42. The van der Waals surface area contributed by atoms with Crippen LogP contribution in [0.2, 0.25) is 0 Å². The molecule has 0 radical (unpaired) electrons. The van der Waals surface area contributed by atoms with Crippen LogP contribution in [0.25, 0.3) is 0 Å². The van der Waals surface area contributed by atoms with E-state index in [1.807, 2.05) is 0 Å². The molecular weight excluding hydrogens is 571 g/mol. The Morgan fingerprint density at radius 3 is 1.59 bits per heavy atom. The number of nitrogens with zero attached hydrogens (tertiary/aromatic N) is 6. The minimum absolute atomic E-state index is 0. The van der Waals surface area contributed by atoms with Gasteiger partial charge >= 0.3 is 29.6 Å². The van der Waals surface area contributed by atoms with Gasteiger partial charge in [0.25, 0.3) is 0 Å². The van der Waals surface area contributed by atoms with E-state index < -0.39 is 15.0 Å². The third kappa shape index (κ3) is 12.3. The predicted octanol–water partition coefficient (Wildman–Crippen LogP) is -3.09. The summed E-state index contributed by atoms with van der Waals surface area (Å²) in [4.78, 5) is 24.8. The first-order valence-electron chi connectivity index (χ1n) is 12.1. The Kier molecular flexibility index (Phi) is 14.4. The van der Waals surface area contributed by atoms with E-state index in [0.29, 0.717) is 24.7 Å². The van der Waals surface area contributed by atoms with Crippen molar-refractivity contribution in [1.29, 1.82) is 0 Å². The third-order valence-corrected chi connectivity index (χ3v) is 5.55. The number of rotatable bonds is 17. The minimum Gasteiger partial charge on any atom is -0.744 e. The maximum absolute atomic E-state index is 11.9. The van der Waals surface area contributed by atoms with Gasteiger partial charge in [-0.3, -0.25) is 0 Å². The summed E-state index contributed by atoms with van der Waals surface area (Å²) in [5.41, 5.74) is 0.403. The molecule has 0 unspecified atom stereocenters. The van der Waals surface area contributed by atoms with Crippen LogP contribution in [0.3, 0.4) is 0 Å². The average Bonchev–Trinajstić information content (AvgIpc) is 2.87. The summed E-state index contributed by atoms with van der Waals surface area (Å²) in [6, 6.07) is 3.83.